The van der Waals surface area contributed by atoms with Crippen LogP contribution in [0, 0.1) is 5.41 Å². The highest BCUT2D eigenvalue weighted by Gasteiger charge is 2.47. The third kappa shape index (κ3) is 4.67. The second-order valence-corrected chi connectivity index (χ2v) is 9.12. The molecule has 5 nitrogen and oxygen atoms in total. The van der Waals surface area contributed by atoms with Crippen molar-refractivity contribution in [2.75, 3.05) is 19.7 Å². The fraction of sp³-hybridized carbons (Fsp3) is 0.462. The van der Waals surface area contributed by atoms with Gasteiger partial charge in [0.05, 0.1) is 5.41 Å². The molecule has 2 atom stereocenters. The van der Waals surface area contributed by atoms with Gasteiger partial charge in [-0.15, -0.1) is 0 Å². The molecule has 1 N–H and O–H groups in total. The molecule has 2 aliphatic heterocycles. The summed E-state index contributed by atoms with van der Waals surface area (Å²) in [5.74, 6) is 0.0704. The first kappa shape index (κ1) is 21.6. The van der Waals surface area contributed by atoms with E-state index < -0.39 is 5.41 Å². The molecule has 2 fully saturated rings. The molecular weight excluding hydrogens is 388 g/mol. The summed E-state index contributed by atoms with van der Waals surface area (Å²) >= 11 is 0. The van der Waals surface area contributed by atoms with Crippen LogP contribution in [0.2, 0.25) is 0 Å². The zero-order valence-electron chi connectivity index (χ0n) is 18.5. The van der Waals surface area contributed by atoms with Gasteiger partial charge in [0, 0.05) is 25.7 Å². The molecule has 0 bridgehead atoms. The second-order valence-electron chi connectivity index (χ2n) is 9.12. The molecule has 2 aromatic carbocycles. The maximum absolute atomic E-state index is 13.4. The maximum atomic E-state index is 13.4. The van der Waals surface area contributed by atoms with Crippen LogP contribution < -0.4 is 5.32 Å². The van der Waals surface area contributed by atoms with E-state index in [9.17, 15) is 9.59 Å². The van der Waals surface area contributed by atoms with E-state index in [4.69, 9.17) is 4.74 Å². The fourth-order valence-corrected chi connectivity index (χ4v) is 4.80. The summed E-state index contributed by atoms with van der Waals surface area (Å²) in [7, 11) is 0. The molecule has 2 saturated heterocycles. The van der Waals surface area contributed by atoms with Gasteiger partial charge in [-0.25, -0.2) is 0 Å². The molecule has 2 aliphatic rings. The second kappa shape index (κ2) is 9.23. The summed E-state index contributed by atoms with van der Waals surface area (Å²) in [6.07, 6.45) is 2.62. The van der Waals surface area contributed by atoms with Crippen LogP contribution >= 0.6 is 0 Å². The highest BCUT2D eigenvalue weighted by atomic mass is 16.5. The van der Waals surface area contributed by atoms with E-state index in [-0.39, 0.29) is 24.0 Å². The SMILES string of the molecule is CC(C)NC(=O)[C@]1(Cc2ccccc2-c2ccccc2)CCN(C(=O)[C@@H]2CCCO2)C1. The first-order valence-corrected chi connectivity index (χ1v) is 11.3. The van der Waals surface area contributed by atoms with Gasteiger partial charge in [0.25, 0.3) is 5.91 Å². The summed E-state index contributed by atoms with van der Waals surface area (Å²) in [5.41, 5.74) is 2.79. The lowest BCUT2D eigenvalue weighted by atomic mass is 9.78. The third-order valence-corrected chi connectivity index (χ3v) is 6.40. The minimum Gasteiger partial charge on any atom is -0.368 e. The van der Waals surface area contributed by atoms with Crippen LogP contribution in [0.3, 0.4) is 0 Å². The van der Waals surface area contributed by atoms with Crippen molar-refractivity contribution in [3.8, 4) is 11.1 Å². The number of ether oxygens (including phenoxy) is 1. The lowest BCUT2D eigenvalue weighted by Gasteiger charge is -2.30. The van der Waals surface area contributed by atoms with Crippen molar-refractivity contribution < 1.29 is 14.3 Å². The average molecular weight is 421 g/mol. The number of hydrogen-bond donors (Lipinski definition) is 1. The molecule has 0 aromatic heterocycles. The number of carbonyl (C=O) groups excluding carboxylic acids is 2. The molecule has 2 heterocycles. The van der Waals surface area contributed by atoms with Crippen LogP contribution in [0.4, 0.5) is 0 Å². The molecule has 5 heteroatoms. The van der Waals surface area contributed by atoms with E-state index in [1.807, 2.05) is 49.1 Å². The first-order valence-electron chi connectivity index (χ1n) is 11.3. The number of nitrogens with one attached hydrogen (secondary N) is 1. The smallest absolute Gasteiger partial charge is 0.251 e. The number of carbonyl (C=O) groups is 2. The Balaban J connectivity index is 1.63. The Morgan fingerprint density at radius 2 is 1.87 bits per heavy atom. The Morgan fingerprint density at radius 3 is 2.58 bits per heavy atom. The van der Waals surface area contributed by atoms with Gasteiger partial charge in [-0.2, -0.15) is 0 Å². The van der Waals surface area contributed by atoms with E-state index in [0.717, 1.165) is 29.5 Å². The van der Waals surface area contributed by atoms with E-state index >= 15 is 0 Å². The van der Waals surface area contributed by atoms with Crippen molar-refractivity contribution >= 4 is 11.8 Å². The maximum Gasteiger partial charge on any atom is 0.251 e. The van der Waals surface area contributed by atoms with Crippen LogP contribution in [0.15, 0.2) is 54.6 Å². The minimum atomic E-state index is -0.635. The molecule has 2 aromatic rings. The van der Waals surface area contributed by atoms with Gasteiger partial charge in [0.2, 0.25) is 5.91 Å². The number of hydrogen-bond acceptors (Lipinski definition) is 3. The molecule has 0 radical (unpaired) electrons. The van der Waals surface area contributed by atoms with Crippen LogP contribution in [0.1, 0.15) is 38.7 Å². The van der Waals surface area contributed by atoms with Gasteiger partial charge in [0.1, 0.15) is 6.10 Å². The molecule has 2 amide bonds. The number of benzene rings is 2. The van der Waals surface area contributed by atoms with E-state index in [0.29, 0.717) is 32.5 Å². The monoisotopic (exact) mass is 420 g/mol. The lowest BCUT2D eigenvalue weighted by molar-refractivity contribution is -0.141. The summed E-state index contributed by atoms with van der Waals surface area (Å²) in [4.78, 5) is 28.3. The van der Waals surface area contributed by atoms with Gasteiger partial charge in [-0.1, -0.05) is 54.6 Å². The van der Waals surface area contributed by atoms with Crippen molar-refractivity contribution in [3.63, 3.8) is 0 Å². The Kier molecular flexibility index (Phi) is 6.42. The van der Waals surface area contributed by atoms with Crippen LogP contribution in [0.5, 0.6) is 0 Å². The van der Waals surface area contributed by atoms with Gasteiger partial charge in [-0.3, -0.25) is 9.59 Å². The third-order valence-electron chi connectivity index (χ3n) is 6.40. The fourth-order valence-electron chi connectivity index (χ4n) is 4.80. The standard InChI is InChI=1S/C26H32N2O3/c1-19(2)27-25(30)26(14-15-28(18-26)24(29)23-13-8-16-31-23)17-21-11-6-7-12-22(21)20-9-4-3-5-10-20/h3-7,9-12,19,23H,8,13-18H2,1-2H3,(H,27,30)/t23-,26-/m0/s1. The van der Waals surface area contributed by atoms with Gasteiger partial charge in [-0.05, 0) is 56.2 Å². The summed E-state index contributed by atoms with van der Waals surface area (Å²) in [6, 6.07) is 18.6. The highest BCUT2D eigenvalue weighted by molar-refractivity contribution is 5.87. The van der Waals surface area contributed by atoms with Crippen molar-refractivity contribution in [3.05, 3.63) is 60.2 Å². The average Bonchev–Trinajstić information content (AvgIpc) is 3.45. The Labute approximate surface area is 184 Å². The largest absolute Gasteiger partial charge is 0.368 e. The number of amides is 2. The first-order chi connectivity index (χ1) is 15.0. The summed E-state index contributed by atoms with van der Waals surface area (Å²) in [5, 5.41) is 3.13. The van der Waals surface area contributed by atoms with Crippen LogP contribution in [0.25, 0.3) is 11.1 Å². The Morgan fingerprint density at radius 1 is 1.13 bits per heavy atom. The molecule has 0 unspecified atom stereocenters. The quantitative estimate of drug-likeness (QED) is 0.773. The van der Waals surface area contributed by atoms with Gasteiger partial charge in [0.15, 0.2) is 0 Å². The number of rotatable bonds is 6. The molecule has 0 saturated carbocycles. The van der Waals surface area contributed by atoms with Gasteiger partial charge >= 0.3 is 0 Å². The molecule has 4 rings (SSSR count). The van der Waals surface area contributed by atoms with E-state index in [2.05, 4.69) is 29.6 Å². The molecular formula is C26H32N2O3. The topological polar surface area (TPSA) is 58.6 Å². The molecule has 0 spiro atoms. The van der Waals surface area contributed by atoms with Crippen molar-refractivity contribution in [2.45, 2.75) is 51.7 Å². The van der Waals surface area contributed by atoms with Crippen molar-refractivity contribution in [1.29, 1.82) is 0 Å². The Bertz CT molecular complexity index is 921. The molecule has 0 aliphatic carbocycles. The molecule has 31 heavy (non-hydrogen) atoms. The Hall–Kier alpha value is -2.66. The summed E-state index contributed by atoms with van der Waals surface area (Å²) in [6.45, 7) is 5.64. The normalized spacial score (nSPS) is 23.3. The molecule has 164 valence electrons. The number of nitrogens with zero attached hydrogens (tertiary/aromatic N) is 1. The van der Waals surface area contributed by atoms with Crippen LogP contribution in [-0.4, -0.2) is 48.6 Å². The minimum absolute atomic E-state index is 0.0352. The van der Waals surface area contributed by atoms with E-state index in [1.165, 1.54) is 0 Å². The summed E-state index contributed by atoms with van der Waals surface area (Å²) < 4.78 is 5.62. The van der Waals surface area contributed by atoms with Crippen molar-refractivity contribution in [2.24, 2.45) is 5.41 Å². The predicted octanol–water partition coefficient (Wildman–Crippen LogP) is 3.82. The zero-order chi connectivity index (χ0) is 21.8. The predicted molar refractivity (Wildman–Crippen MR) is 121 cm³/mol. The highest BCUT2D eigenvalue weighted by Crippen LogP contribution is 2.38. The lowest BCUT2D eigenvalue weighted by Crippen LogP contribution is -2.48. The zero-order valence-corrected chi connectivity index (χ0v) is 18.5. The van der Waals surface area contributed by atoms with Crippen molar-refractivity contribution in [1.82, 2.24) is 10.2 Å². The van der Waals surface area contributed by atoms with Gasteiger partial charge < -0.3 is 15.0 Å². The van der Waals surface area contributed by atoms with E-state index in [1.54, 1.807) is 0 Å². The number of likely N-dealkylation sites (tertiary alicyclic amines) is 1. The van der Waals surface area contributed by atoms with Crippen LogP contribution in [-0.2, 0) is 20.7 Å².